The molecule has 1 heterocycles. The third-order valence-corrected chi connectivity index (χ3v) is 4.72. The number of hydrogen-bond acceptors (Lipinski definition) is 4. The van der Waals surface area contributed by atoms with Crippen LogP contribution in [0.3, 0.4) is 0 Å². The van der Waals surface area contributed by atoms with E-state index >= 15 is 0 Å². The summed E-state index contributed by atoms with van der Waals surface area (Å²) in [5.74, 6) is -1.95. The average molecular weight is 403 g/mol. The van der Waals surface area contributed by atoms with Crippen molar-refractivity contribution in [1.82, 2.24) is 5.16 Å². The van der Waals surface area contributed by atoms with Gasteiger partial charge in [0.15, 0.2) is 0 Å². The van der Waals surface area contributed by atoms with E-state index < -0.39 is 32.9 Å². The summed E-state index contributed by atoms with van der Waals surface area (Å²) in [6.45, 7) is 0. The molecule has 0 fully saturated rings. The molecule has 0 spiro atoms. The van der Waals surface area contributed by atoms with Crippen molar-refractivity contribution in [3.05, 3.63) is 59.1 Å². The fourth-order valence-electron chi connectivity index (χ4n) is 2.45. The molecular formula is C16H10ClF3N2O3S. The minimum Gasteiger partial charge on any atom is -0.354 e. The molecular weight excluding hydrogens is 393 g/mol. The Balaban J connectivity index is 2.24. The van der Waals surface area contributed by atoms with Crippen LogP contribution in [-0.4, -0.2) is 13.6 Å². The SMILES string of the molecule is NS(=O)(=O)c1ccc(-c2c(-c3cccc(Cl)c3)noc2C(F)F)cc1F. The van der Waals surface area contributed by atoms with Crippen molar-refractivity contribution in [2.75, 3.05) is 0 Å². The summed E-state index contributed by atoms with van der Waals surface area (Å²) in [6.07, 6.45) is -3.02. The lowest BCUT2D eigenvalue weighted by Crippen LogP contribution is -2.14. The monoisotopic (exact) mass is 402 g/mol. The molecule has 136 valence electrons. The summed E-state index contributed by atoms with van der Waals surface area (Å²) in [6, 6.07) is 9.04. The van der Waals surface area contributed by atoms with E-state index in [1.165, 1.54) is 6.07 Å². The van der Waals surface area contributed by atoms with E-state index in [1.807, 2.05) is 0 Å². The van der Waals surface area contributed by atoms with Crippen LogP contribution in [0.1, 0.15) is 12.2 Å². The van der Waals surface area contributed by atoms with Gasteiger partial charge in [0.1, 0.15) is 16.4 Å². The second-order valence-electron chi connectivity index (χ2n) is 5.27. The van der Waals surface area contributed by atoms with Crippen LogP contribution in [0.25, 0.3) is 22.4 Å². The Bertz CT molecular complexity index is 1080. The van der Waals surface area contributed by atoms with Crippen molar-refractivity contribution in [2.24, 2.45) is 5.14 Å². The van der Waals surface area contributed by atoms with Gasteiger partial charge in [-0.15, -0.1) is 0 Å². The van der Waals surface area contributed by atoms with E-state index in [2.05, 4.69) is 5.16 Å². The predicted molar refractivity (Wildman–Crippen MR) is 88.7 cm³/mol. The van der Waals surface area contributed by atoms with Gasteiger partial charge in [-0.3, -0.25) is 0 Å². The molecule has 3 rings (SSSR count). The highest BCUT2D eigenvalue weighted by molar-refractivity contribution is 7.89. The first-order valence-electron chi connectivity index (χ1n) is 7.05. The van der Waals surface area contributed by atoms with Crippen LogP contribution in [0.5, 0.6) is 0 Å². The summed E-state index contributed by atoms with van der Waals surface area (Å²) in [4.78, 5) is -0.749. The Morgan fingerprint density at radius 2 is 1.85 bits per heavy atom. The molecule has 0 aliphatic carbocycles. The van der Waals surface area contributed by atoms with Gasteiger partial charge in [0, 0.05) is 10.6 Å². The molecule has 0 saturated heterocycles. The number of halogens is 4. The summed E-state index contributed by atoms with van der Waals surface area (Å²) in [5.41, 5.74) is 0.188. The molecule has 0 radical (unpaired) electrons. The Morgan fingerprint density at radius 1 is 1.12 bits per heavy atom. The van der Waals surface area contributed by atoms with Crippen molar-refractivity contribution in [3.63, 3.8) is 0 Å². The number of aromatic nitrogens is 1. The lowest BCUT2D eigenvalue weighted by atomic mass is 9.99. The van der Waals surface area contributed by atoms with E-state index in [-0.39, 0.29) is 16.8 Å². The molecule has 0 saturated carbocycles. The largest absolute Gasteiger partial charge is 0.354 e. The lowest BCUT2D eigenvalue weighted by molar-refractivity contribution is 0.113. The Morgan fingerprint density at radius 3 is 2.42 bits per heavy atom. The Kier molecular flexibility index (Phi) is 4.78. The Hall–Kier alpha value is -2.36. The van der Waals surface area contributed by atoms with Crippen molar-refractivity contribution in [3.8, 4) is 22.4 Å². The van der Waals surface area contributed by atoms with E-state index in [0.717, 1.165) is 18.2 Å². The maximum Gasteiger partial charge on any atom is 0.298 e. The standard InChI is InChI=1S/C16H10ClF3N2O3S/c17-10-3-1-2-9(6-10)14-13(15(16(19)20)25-22-14)8-4-5-12(11(18)7-8)26(21,23)24/h1-7,16H,(H2,21,23,24). The highest BCUT2D eigenvalue weighted by Gasteiger charge is 2.27. The van der Waals surface area contributed by atoms with Crippen molar-refractivity contribution < 1.29 is 26.1 Å². The lowest BCUT2D eigenvalue weighted by Gasteiger charge is -2.07. The molecule has 10 heteroatoms. The van der Waals surface area contributed by atoms with Gasteiger partial charge < -0.3 is 4.52 Å². The molecule has 0 amide bonds. The first-order chi connectivity index (χ1) is 12.2. The average Bonchev–Trinajstić information content (AvgIpc) is 2.98. The second kappa shape index (κ2) is 6.75. The number of hydrogen-bond donors (Lipinski definition) is 1. The molecule has 5 nitrogen and oxygen atoms in total. The molecule has 2 aromatic carbocycles. The molecule has 0 bridgehead atoms. The topological polar surface area (TPSA) is 86.2 Å². The summed E-state index contributed by atoms with van der Waals surface area (Å²) >= 11 is 5.91. The number of nitrogens with two attached hydrogens (primary N) is 1. The van der Waals surface area contributed by atoms with Crippen LogP contribution >= 0.6 is 11.6 Å². The van der Waals surface area contributed by atoms with E-state index in [9.17, 15) is 21.6 Å². The summed E-state index contributed by atoms with van der Waals surface area (Å²) < 4.78 is 68.2. The fourth-order valence-corrected chi connectivity index (χ4v) is 3.23. The zero-order chi connectivity index (χ0) is 19.1. The van der Waals surface area contributed by atoms with Gasteiger partial charge in [0.25, 0.3) is 6.43 Å². The summed E-state index contributed by atoms with van der Waals surface area (Å²) in [5, 5.41) is 8.89. The smallest absolute Gasteiger partial charge is 0.298 e. The highest BCUT2D eigenvalue weighted by Crippen LogP contribution is 2.40. The molecule has 1 aromatic heterocycles. The van der Waals surface area contributed by atoms with Gasteiger partial charge in [-0.2, -0.15) is 0 Å². The van der Waals surface area contributed by atoms with Gasteiger partial charge in [0.2, 0.25) is 15.8 Å². The third-order valence-electron chi connectivity index (χ3n) is 3.54. The van der Waals surface area contributed by atoms with Crippen molar-refractivity contribution >= 4 is 21.6 Å². The zero-order valence-corrected chi connectivity index (χ0v) is 14.4. The highest BCUT2D eigenvalue weighted by atomic mass is 35.5. The van der Waals surface area contributed by atoms with Gasteiger partial charge in [-0.25, -0.2) is 26.7 Å². The number of primary sulfonamides is 1. The quantitative estimate of drug-likeness (QED) is 0.701. The molecule has 3 aromatic rings. The van der Waals surface area contributed by atoms with Crippen molar-refractivity contribution in [2.45, 2.75) is 11.3 Å². The third kappa shape index (κ3) is 3.46. The maximum absolute atomic E-state index is 14.2. The molecule has 0 aliphatic rings. The van der Waals surface area contributed by atoms with Crippen LogP contribution in [0.15, 0.2) is 51.9 Å². The minimum absolute atomic E-state index is 0.0190. The van der Waals surface area contributed by atoms with E-state index in [1.54, 1.807) is 18.2 Å². The normalized spacial score (nSPS) is 11.9. The molecule has 0 aliphatic heterocycles. The first kappa shape index (κ1) is 18.4. The van der Waals surface area contributed by atoms with Crippen LogP contribution in [0, 0.1) is 5.82 Å². The number of sulfonamides is 1. The first-order valence-corrected chi connectivity index (χ1v) is 8.97. The number of alkyl halides is 2. The van der Waals surface area contributed by atoms with Crippen LogP contribution in [0.2, 0.25) is 5.02 Å². The van der Waals surface area contributed by atoms with Gasteiger partial charge in [0.05, 0.1) is 5.56 Å². The molecule has 2 N–H and O–H groups in total. The molecule has 26 heavy (non-hydrogen) atoms. The second-order valence-corrected chi connectivity index (χ2v) is 7.24. The van der Waals surface area contributed by atoms with E-state index in [0.29, 0.717) is 10.6 Å². The van der Waals surface area contributed by atoms with Crippen LogP contribution in [-0.2, 0) is 10.0 Å². The van der Waals surface area contributed by atoms with Gasteiger partial charge in [-0.05, 0) is 29.8 Å². The molecule has 0 atom stereocenters. The number of benzene rings is 2. The maximum atomic E-state index is 14.2. The predicted octanol–water partition coefficient (Wildman–Crippen LogP) is 4.39. The van der Waals surface area contributed by atoms with Gasteiger partial charge in [-0.1, -0.05) is 35.0 Å². The van der Waals surface area contributed by atoms with Gasteiger partial charge >= 0.3 is 0 Å². The summed E-state index contributed by atoms with van der Waals surface area (Å²) in [7, 11) is -4.29. The van der Waals surface area contributed by atoms with E-state index in [4.69, 9.17) is 21.3 Å². The van der Waals surface area contributed by atoms with Crippen LogP contribution < -0.4 is 5.14 Å². The fraction of sp³-hybridized carbons (Fsp3) is 0.0625. The minimum atomic E-state index is -4.29. The zero-order valence-electron chi connectivity index (χ0n) is 12.8. The van der Waals surface area contributed by atoms with Crippen molar-refractivity contribution in [1.29, 1.82) is 0 Å². The molecule has 0 unspecified atom stereocenters. The number of nitrogens with zero attached hydrogens (tertiary/aromatic N) is 1. The number of rotatable bonds is 4. The van der Waals surface area contributed by atoms with Crippen LogP contribution in [0.4, 0.5) is 13.2 Å². The Labute approximate surface area is 151 Å².